The zero-order chi connectivity index (χ0) is 26.8. The fraction of sp³-hybridized carbons (Fsp3) is 0.290. The van der Waals surface area contributed by atoms with Gasteiger partial charge in [-0.25, -0.2) is 0 Å². The van der Waals surface area contributed by atoms with Gasteiger partial charge in [0.25, 0.3) is 5.56 Å². The highest BCUT2D eigenvalue weighted by molar-refractivity contribution is 6.31. The van der Waals surface area contributed by atoms with E-state index in [1.807, 2.05) is 66.7 Å². The lowest BCUT2D eigenvalue weighted by atomic mass is 9.93. The van der Waals surface area contributed by atoms with Gasteiger partial charge < -0.3 is 24.8 Å². The Bertz CT molecular complexity index is 1550. The quantitative estimate of drug-likeness (QED) is 0.346. The van der Waals surface area contributed by atoms with E-state index in [1.54, 1.807) is 6.07 Å². The maximum atomic E-state index is 13.6. The summed E-state index contributed by atoms with van der Waals surface area (Å²) < 4.78 is 5.51. The summed E-state index contributed by atoms with van der Waals surface area (Å²) in [4.78, 5) is 34.5. The summed E-state index contributed by atoms with van der Waals surface area (Å²) >= 11 is 6.40. The lowest BCUT2D eigenvalue weighted by molar-refractivity contribution is -0.120. The molecule has 7 nitrogen and oxygen atoms in total. The molecule has 200 valence electrons. The Kier molecular flexibility index (Phi) is 7.26. The number of amides is 1. The molecule has 0 aliphatic carbocycles. The molecule has 3 aromatic carbocycles. The lowest BCUT2D eigenvalue weighted by Crippen LogP contribution is -2.43. The molecule has 2 N–H and O–H groups in total. The summed E-state index contributed by atoms with van der Waals surface area (Å²) in [6.45, 7) is 4.09. The number of aromatic nitrogens is 1. The van der Waals surface area contributed by atoms with Gasteiger partial charge in [-0.05, 0) is 48.7 Å². The van der Waals surface area contributed by atoms with Crippen molar-refractivity contribution in [3.05, 3.63) is 88.2 Å². The topological polar surface area (TPSA) is 77.7 Å². The van der Waals surface area contributed by atoms with Crippen molar-refractivity contribution < 1.29 is 9.53 Å². The van der Waals surface area contributed by atoms with Crippen LogP contribution in [0.3, 0.4) is 0 Å². The molecule has 1 aromatic heterocycles. The van der Waals surface area contributed by atoms with E-state index in [9.17, 15) is 9.59 Å². The van der Waals surface area contributed by atoms with Crippen molar-refractivity contribution in [3.8, 4) is 11.1 Å². The largest absolute Gasteiger partial charge is 0.378 e. The van der Waals surface area contributed by atoms with E-state index in [4.69, 9.17) is 16.3 Å². The third kappa shape index (κ3) is 5.24. The van der Waals surface area contributed by atoms with Crippen LogP contribution in [0, 0.1) is 5.92 Å². The lowest BCUT2D eigenvalue weighted by Gasteiger charge is -2.35. The van der Waals surface area contributed by atoms with Crippen molar-refractivity contribution >= 4 is 45.5 Å². The number of piperidine rings is 1. The summed E-state index contributed by atoms with van der Waals surface area (Å²) in [6, 6.07) is 23.4. The Hall–Kier alpha value is -3.81. The van der Waals surface area contributed by atoms with Gasteiger partial charge in [-0.2, -0.15) is 0 Å². The average Bonchev–Trinajstić information content (AvgIpc) is 2.98. The minimum atomic E-state index is -0.255. The highest BCUT2D eigenvalue weighted by atomic mass is 35.5. The number of nitrogens with zero attached hydrogens (tertiary/aromatic N) is 2. The van der Waals surface area contributed by atoms with Crippen LogP contribution >= 0.6 is 11.6 Å². The van der Waals surface area contributed by atoms with Crippen LogP contribution in [0.1, 0.15) is 12.8 Å². The summed E-state index contributed by atoms with van der Waals surface area (Å²) in [5.74, 6) is -0.281. The van der Waals surface area contributed by atoms with Crippen molar-refractivity contribution in [1.29, 1.82) is 0 Å². The monoisotopic (exact) mass is 542 g/mol. The first-order valence-corrected chi connectivity index (χ1v) is 13.8. The third-order valence-corrected chi connectivity index (χ3v) is 7.87. The standard InChI is InChI=1S/C31H31ClN4O3/c32-23-12-13-25-24(19-23)28(21-7-2-1-3-8-21)29(31(38)33-25)36-14-6-9-22(20-36)30(37)34-26-10-4-5-11-27(26)35-15-17-39-18-16-35/h1-5,7-8,10-13,19,22H,6,9,14-18,20H2,(H,33,38)(H,34,37)/t22-/m1/s1. The van der Waals surface area contributed by atoms with Gasteiger partial charge in [-0.3, -0.25) is 9.59 Å². The van der Waals surface area contributed by atoms with Gasteiger partial charge in [0.15, 0.2) is 0 Å². The maximum Gasteiger partial charge on any atom is 0.272 e. The minimum Gasteiger partial charge on any atom is -0.378 e. The molecule has 2 aliphatic heterocycles. The molecule has 1 amide bonds. The summed E-state index contributed by atoms with van der Waals surface area (Å²) in [5, 5.41) is 4.68. The molecule has 0 saturated carbocycles. The van der Waals surface area contributed by atoms with Gasteiger partial charge in [0.1, 0.15) is 5.69 Å². The summed E-state index contributed by atoms with van der Waals surface area (Å²) in [6.07, 6.45) is 1.57. The smallest absolute Gasteiger partial charge is 0.272 e. The molecule has 3 heterocycles. The van der Waals surface area contributed by atoms with E-state index >= 15 is 0 Å². The first-order chi connectivity index (χ1) is 19.1. The number of pyridine rings is 1. The van der Waals surface area contributed by atoms with Crippen LogP contribution < -0.4 is 20.7 Å². The van der Waals surface area contributed by atoms with Crippen LogP contribution in [0.25, 0.3) is 22.0 Å². The van der Waals surface area contributed by atoms with Crippen LogP contribution in [0.15, 0.2) is 77.6 Å². The predicted octanol–water partition coefficient (Wildman–Crippen LogP) is 5.54. The molecule has 0 unspecified atom stereocenters. The third-order valence-electron chi connectivity index (χ3n) is 7.64. The number of anilines is 3. The number of morpholine rings is 1. The SMILES string of the molecule is O=C(Nc1ccccc1N1CCOCC1)[C@@H]1CCCN(c2c(-c3ccccc3)c3cc(Cl)ccc3[nH]c2=O)C1. The van der Waals surface area contributed by atoms with Crippen molar-refractivity contribution in [2.45, 2.75) is 12.8 Å². The van der Waals surface area contributed by atoms with Crippen molar-refractivity contribution in [3.63, 3.8) is 0 Å². The minimum absolute atomic E-state index is 0.0260. The van der Waals surface area contributed by atoms with E-state index in [1.165, 1.54) is 0 Å². The van der Waals surface area contributed by atoms with Crippen molar-refractivity contribution in [2.24, 2.45) is 5.92 Å². The van der Waals surface area contributed by atoms with Crippen LogP contribution in [-0.2, 0) is 9.53 Å². The molecule has 0 radical (unpaired) electrons. The van der Waals surface area contributed by atoms with Gasteiger partial charge in [-0.1, -0.05) is 54.1 Å². The molecule has 0 spiro atoms. The number of rotatable bonds is 5. The van der Waals surface area contributed by atoms with E-state index in [0.717, 1.165) is 59.3 Å². The van der Waals surface area contributed by atoms with Crippen molar-refractivity contribution in [2.75, 3.05) is 54.5 Å². The van der Waals surface area contributed by atoms with E-state index in [-0.39, 0.29) is 17.4 Å². The number of hydrogen-bond donors (Lipinski definition) is 2. The molecule has 39 heavy (non-hydrogen) atoms. The first kappa shape index (κ1) is 25.5. The van der Waals surface area contributed by atoms with Gasteiger partial charge in [0.2, 0.25) is 5.91 Å². The Morgan fingerprint density at radius 2 is 1.72 bits per heavy atom. The molecule has 4 aromatic rings. The van der Waals surface area contributed by atoms with Crippen LogP contribution in [-0.4, -0.2) is 50.3 Å². The summed E-state index contributed by atoms with van der Waals surface area (Å²) in [7, 11) is 0. The van der Waals surface area contributed by atoms with E-state index in [0.29, 0.717) is 37.0 Å². The molecule has 2 fully saturated rings. The normalized spacial score (nSPS) is 17.8. The molecule has 0 bridgehead atoms. The Balaban J connectivity index is 1.32. The second kappa shape index (κ2) is 11.1. The summed E-state index contributed by atoms with van der Waals surface area (Å²) in [5.41, 5.74) is 4.76. The van der Waals surface area contributed by atoms with Gasteiger partial charge >= 0.3 is 0 Å². The highest BCUT2D eigenvalue weighted by Gasteiger charge is 2.30. The molecule has 8 heteroatoms. The van der Waals surface area contributed by atoms with Crippen LogP contribution in [0.5, 0.6) is 0 Å². The second-order valence-electron chi connectivity index (χ2n) is 10.1. The van der Waals surface area contributed by atoms with E-state index in [2.05, 4.69) is 20.1 Å². The molecular weight excluding hydrogens is 512 g/mol. The number of ether oxygens (including phenoxy) is 1. The second-order valence-corrected chi connectivity index (χ2v) is 10.6. The molecule has 1 atom stereocenters. The number of nitrogens with one attached hydrogen (secondary N) is 2. The van der Waals surface area contributed by atoms with Crippen LogP contribution in [0.2, 0.25) is 5.02 Å². The number of halogens is 1. The van der Waals surface area contributed by atoms with Crippen molar-refractivity contribution in [1.82, 2.24) is 4.98 Å². The van der Waals surface area contributed by atoms with Crippen LogP contribution in [0.4, 0.5) is 17.1 Å². The van der Waals surface area contributed by atoms with Gasteiger partial charge in [0, 0.05) is 47.7 Å². The molecule has 6 rings (SSSR count). The number of hydrogen-bond acceptors (Lipinski definition) is 5. The maximum absolute atomic E-state index is 13.6. The predicted molar refractivity (Wildman–Crippen MR) is 158 cm³/mol. The average molecular weight is 543 g/mol. The number of aromatic amines is 1. The fourth-order valence-corrected chi connectivity index (χ4v) is 5.91. The number of para-hydroxylation sites is 2. The number of benzene rings is 3. The first-order valence-electron chi connectivity index (χ1n) is 13.5. The zero-order valence-electron chi connectivity index (χ0n) is 21.7. The number of carbonyl (C=O) groups excluding carboxylic acids is 1. The molecule has 2 saturated heterocycles. The zero-order valence-corrected chi connectivity index (χ0v) is 22.4. The highest BCUT2D eigenvalue weighted by Crippen LogP contribution is 2.37. The number of carbonyl (C=O) groups is 1. The molecular formula is C31H31ClN4O3. The van der Waals surface area contributed by atoms with Gasteiger partial charge in [0.05, 0.1) is 30.5 Å². The Morgan fingerprint density at radius 3 is 2.54 bits per heavy atom. The Labute approximate surface area is 232 Å². The molecule has 2 aliphatic rings. The fourth-order valence-electron chi connectivity index (χ4n) is 5.74. The van der Waals surface area contributed by atoms with E-state index < -0.39 is 0 Å². The van der Waals surface area contributed by atoms with Gasteiger partial charge in [-0.15, -0.1) is 0 Å². The number of fused-ring (bicyclic) bond motifs is 1. The number of H-pyrrole nitrogens is 1. The Morgan fingerprint density at radius 1 is 0.949 bits per heavy atom.